The number of carbonyl (C=O) groups excluding carboxylic acids is 1. The van der Waals surface area contributed by atoms with Crippen LogP contribution in [0.1, 0.15) is 45.4 Å². The lowest BCUT2D eigenvalue weighted by molar-refractivity contribution is -0.117. The molecular weight excluding hydrogens is 162 g/mol. The molecule has 0 aromatic carbocycles. The van der Waals surface area contributed by atoms with E-state index in [4.69, 9.17) is 0 Å². The zero-order chi connectivity index (χ0) is 9.52. The molecule has 1 atom stereocenters. The predicted octanol–water partition coefficient (Wildman–Crippen LogP) is 2.14. The molecule has 13 heavy (non-hydrogen) atoms. The zero-order valence-electron chi connectivity index (χ0n) is 8.64. The fourth-order valence-electron chi connectivity index (χ4n) is 1.94. The first-order valence-electron chi connectivity index (χ1n) is 5.49. The van der Waals surface area contributed by atoms with Gasteiger partial charge in [0.15, 0.2) is 0 Å². The van der Waals surface area contributed by atoms with E-state index < -0.39 is 0 Å². The van der Waals surface area contributed by atoms with Gasteiger partial charge in [0.25, 0.3) is 0 Å². The summed E-state index contributed by atoms with van der Waals surface area (Å²) in [5, 5.41) is 3.38. The van der Waals surface area contributed by atoms with E-state index in [2.05, 4.69) is 5.32 Å². The molecule has 1 aliphatic rings. The predicted molar refractivity (Wildman–Crippen MR) is 54.7 cm³/mol. The fourth-order valence-corrected chi connectivity index (χ4v) is 1.94. The maximum atomic E-state index is 10.7. The first-order valence-corrected chi connectivity index (χ1v) is 5.49. The third kappa shape index (κ3) is 5.04. The molecule has 1 heterocycles. The minimum atomic E-state index is 0.336. The van der Waals surface area contributed by atoms with Crippen LogP contribution in [0.15, 0.2) is 0 Å². The third-order valence-corrected chi connectivity index (χ3v) is 2.80. The smallest absolute Gasteiger partial charge is 0.129 e. The number of carbonyl (C=O) groups is 1. The Bertz CT molecular complexity index is 150. The average molecular weight is 183 g/mol. The molecule has 2 nitrogen and oxygen atoms in total. The first kappa shape index (κ1) is 10.7. The second-order valence-electron chi connectivity index (χ2n) is 4.16. The molecule has 0 aliphatic carbocycles. The van der Waals surface area contributed by atoms with E-state index in [1.807, 2.05) is 0 Å². The van der Waals surface area contributed by atoms with Gasteiger partial charge in [0.2, 0.25) is 0 Å². The van der Waals surface area contributed by atoms with Crippen LogP contribution in [0.3, 0.4) is 0 Å². The summed E-state index contributed by atoms with van der Waals surface area (Å²) in [6, 6.07) is 0. The Morgan fingerprint density at radius 3 is 2.85 bits per heavy atom. The van der Waals surface area contributed by atoms with Crippen LogP contribution >= 0.6 is 0 Å². The SMILES string of the molecule is CC(=O)CCCCCC1CCNC1. The monoisotopic (exact) mass is 183 g/mol. The Hall–Kier alpha value is -0.370. The second kappa shape index (κ2) is 6.14. The van der Waals surface area contributed by atoms with E-state index in [1.165, 1.54) is 38.8 Å². The van der Waals surface area contributed by atoms with Crippen molar-refractivity contribution < 1.29 is 4.79 Å². The maximum Gasteiger partial charge on any atom is 0.129 e. The Kier molecular flexibility index (Phi) is 5.06. The standard InChI is InChI=1S/C11H21NO/c1-10(13)5-3-2-4-6-11-7-8-12-9-11/h11-12H,2-9H2,1H3. The number of hydrogen-bond donors (Lipinski definition) is 1. The van der Waals surface area contributed by atoms with Gasteiger partial charge >= 0.3 is 0 Å². The molecule has 1 N–H and O–H groups in total. The molecule has 0 saturated carbocycles. The lowest BCUT2D eigenvalue weighted by Gasteiger charge is -2.06. The molecule has 1 saturated heterocycles. The van der Waals surface area contributed by atoms with Gasteiger partial charge in [-0.3, -0.25) is 0 Å². The normalized spacial score (nSPS) is 22.1. The van der Waals surface area contributed by atoms with Gasteiger partial charge in [-0.15, -0.1) is 0 Å². The highest BCUT2D eigenvalue weighted by atomic mass is 16.1. The van der Waals surface area contributed by atoms with Crippen LogP contribution in [0.2, 0.25) is 0 Å². The van der Waals surface area contributed by atoms with Gasteiger partial charge in [0, 0.05) is 6.42 Å². The molecule has 0 aromatic heterocycles. The Morgan fingerprint density at radius 2 is 2.23 bits per heavy atom. The van der Waals surface area contributed by atoms with Gasteiger partial charge < -0.3 is 10.1 Å². The molecule has 0 radical (unpaired) electrons. The molecule has 0 bridgehead atoms. The second-order valence-corrected chi connectivity index (χ2v) is 4.16. The van der Waals surface area contributed by atoms with Crippen LogP contribution in [0.4, 0.5) is 0 Å². The molecule has 0 spiro atoms. The lowest BCUT2D eigenvalue weighted by Crippen LogP contribution is -2.08. The summed E-state index contributed by atoms with van der Waals surface area (Å²) in [7, 11) is 0. The highest BCUT2D eigenvalue weighted by Crippen LogP contribution is 2.16. The fraction of sp³-hybridized carbons (Fsp3) is 0.909. The Balaban J connectivity index is 1.86. The van der Waals surface area contributed by atoms with Crippen molar-refractivity contribution in [3.8, 4) is 0 Å². The molecule has 2 heteroatoms. The first-order chi connectivity index (χ1) is 6.29. The number of ketones is 1. The summed E-state index contributed by atoms with van der Waals surface area (Å²) in [5.41, 5.74) is 0. The number of unbranched alkanes of at least 4 members (excludes halogenated alkanes) is 2. The number of hydrogen-bond acceptors (Lipinski definition) is 2. The van der Waals surface area contributed by atoms with Crippen molar-refractivity contribution in [3.63, 3.8) is 0 Å². The van der Waals surface area contributed by atoms with Crippen molar-refractivity contribution in [3.05, 3.63) is 0 Å². The summed E-state index contributed by atoms with van der Waals surface area (Å²) in [6.45, 7) is 4.10. The topological polar surface area (TPSA) is 29.1 Å². The molecule has 1 unspecified atom stereocenters. The Labute approximate surface area is 81.1 Å². The van der Waals surface area contributed by atoms with Crippen LogP contribution in [-0.2, 0) is 4.79 Å². The highest BCUT2D eigenvalue weighted by Gasteiger charge is 2.12. The van der Waals surface area contributed by atoms with Crippen LogP contribution in [0.25, 0.3) is 0 Å². The number of Topliss-reactive ketones (excluding diaryl/α,β-unsaturated/α-hetero) is 1. The summed E-state index contributed by atoms with van der Waals surface area (Å²) < 4.78 is 0. The van der Waals surface area contributed by atoms with Crippen LogP contribution in [0.5, 0.6) is 0 Å². The number of nitrogens with one attached hydrogen (secondary N) is 1. The van der Waals surface area contributed by atoms with Gasteiger partial charge in [0.1, 0.15) is 5.78 Å². The van der Waals surface area contributed by atoms with E-state index in [0.29, 0.717) is 5.78 Å². The van der Waals surface area contributed by atoms with E-state index in [0.717, 1.165) is 18.8 Å². The van der Waals surface area contributed by atoms with Crippen molar-refractivity contribution >= 4 is 5.78 Å². The van der Waals surface area contributed by atoms with Crippen molar-refractivity contribution in [1.82, 2.24) is 5.32 Å². The third-order valence-electron chi connectivity index (χ3n) is 2.80. The average Bonchev–Trinajstić information content (AvgIpc) is 2.55. The quantitative estimate of drug-likeness (QED) is 0.639. The highest BCUT2D eigenvalue weighted by molar-refractivity contribution is 5.75. The molecule has 1 aliphatic heterocycles. The summed E-state index contributed by atoms with van der Waals surface area (Å²) in [4.78, 5) is 10.7. The van der Waals surface area contributed by atoms with Gasteiger partial charge in [-0.1, -0.05) is 12.8 Å². The number of rotatable bonds is 6. The van der Waals surface area contributed by atoms with Crippen molar-refractivity contribution in [1.29, 1.82) is 0 Å². The van der Waals surface area contributed by atoms with Crippen molar-refractivity contribution in [2.75, 3.05) is 13.1 Å². The summed E-state index contributed by atoms with van der Waals surface area (Å²) in [5.74, 6) is 1.25. The van der Waals surface area contributed by atoms with Gasteiger partial charge in [-0.2, -0.15) is 0 Å². The Morgan fingerprint density at radius 1 is 1.38 bits per heavy atom. The molecular formula is C11H21NO. The van der Waals surface area contributed by atoms with E-state index in [1.54, 1.807) is 6.92 Å². The summed E-state index contributed by atoms with van der Waals surface area (Å²) >= 11 is 0. The lowest BCUT2D eigenvalue weighted by atomic mass is 10.00. The van der Waals surface area contributed by atoms with E-state index >= 15 is 0 Å². The minimum Gasteiger partial charge on any atom is -0.316 e. The van der Waals surface area contributed by atoms with Gasteiger partial charge in [-0.25, -0.2) is 0 Å². The molecule has 1 fully saturated rings. The van der Waals surface area contributed by atoms with Gasteiger partial charge in [0.05, 0.1) is 0 Å². The molecule has 0 amide bonds. The van der Waals surface area contributed by atoms with Crippen LogP contribution < -0.4 is 5.32 Å². The summed E-state index contributed by atoms with van der Waals surface area (Å²) in [6.07, 6.45) is 7.12. The van der Waals surface area contributed by atoms with Crippen molar-refractivity contribution in [2.45, 2.75) is 45.4 Å². The molecule has 0 aromatic rings. The molecule has 76 valence electrons. The van der Waals surface area contributed by atoms with Crippen molar-refractivity contribution in [2.24, 2.45) is 5.92 Å². The maximum absolute atomic E-state index is 10.7. The van der Waals surface area contributed by atoms with Gasteiger partial charge in [-0.05, 0) is 45.2 Å². The van der Waals surface area contributed by atoms with E-state index in [9.17, 15) is 4.79 Å². The van der Waals surface area contributed by atoms with E-state index in [-0.39, 0.29) is 0 Å². The minimum absolute atomic E-state index is 0.336. The molecule has 1 rings (SSSR count). The largest absolute Gasteiger partial charge is 0.316 e. The van der Waals surface area contributed by atoms with Crippen LogP contribution in [-0.4, -0.2) is 18.9 Å². The zero-order valence-corrected chi connectivity index (χ0v) is 8.64. The van der Waals surface area contributed by atoms with Crippen LogP contribution in [0, 0.1) is 5.92 Å².